The Labute approximate surface area is 86.5 Å². The van der Waals surface area contributed by atoms with E-state index in [2.05, 4.69) is 0 Å². The van der Waals surface area contributed by atoms with Crippen molar-refractivity contribution < 1.29 is 18.6 Å². The van der Waals surface area contributed by atoms with E-state index in [-0.39, 0.29) is 12.2 Å². The number of aromatic hydroxyl groups is 1. The molecule has 0 radical (unpaired) electrons. The van der Waals surface area contributed by atoms with Crippen LogP contribution in [0.5, 0.6) is 11.5 Å². The van der Waals surface area contributed by atoms with Crippen molar-refractivity contribution in [3.05, 3.63) is 23.8 Å². The van der Waals surface area contributed by atoms with Gasteiger partial charge >= 0.3 is 0 Å². The summed E-state index contributed by atoms with van der Waals surface area (Å²) in [6.45, 7) is 0. The maximum absolute atomic E-state index is 12.7. The molecule has 0 saturated heterocycles. The predicted octanol–water partition coefficient (Wildman–Crippen LogP) is 2.60. The normalized spacial score (nSPS) is 22.5. The van der Waals surface area contributed by atoms with Gasteiger partial charge in [-0.2, -0.15) is 0 Å². The van der Waals surface area contributed by atoms with Crippen LogP contribution in [0.1, 0.15) is 12.0 Å². The molecule has 4 heteroatoms. The van der Waals surface area contributed by atoms with E-state index in [1.807, 2.05) is 0 Å². The number of phenols is 1. The van der Waals surface area contributed by atoms with Gasteiger partial charge in [0.1, 0.15) is 0 Å². The first-order valence-electron chi connectivity index (χ1n) is 4.76. The number of hydrogen-bond donors (Lipinski definition) is 1. The number of methoxy groups -OCH3 is 1. The van der Waals surface area contributed by atoms with Crippen LogP contribution in [0.15, 0.2) is 18.2 Å². The van der Waals surface area contributed by atoms with E-state index in [0.717, 1.165) is 5.56 Å². The van der Waals surface area contributed by atoms with Crippen LogP contribution in [0.2, 0.25) is 0 Å². The number of hydrogen-bond acceptors (Lipinski definition) is 2. The second-order valence-corrected chi connectivity index (χ2v) is 3.87. The molecule has 1 aliphatic carbocycles. The summed E-state index contributed by atoms with van der Waals surface area (Å²) in [6.07, 6.45) is 0.305. The van der Waals surface area contributed by atoms with Crippen LogP contribution in [-0.2, 0) is 6.42 Å². The van der Waals surface area contributed by atoms with Gasteiger partial charge in [-0.25, -0.2) is 8.78 Å². The minimum atomic E-state index is -2.49. The van der Waals surface area contributed by atoms with Gasteiger partial charge in [0.25, 0.3) is 5.92 Å². The molecule has 1 fully saturated rings. The third kappa shape index (κ3) is 2.03. The molecular weight excluding hydrogens is 202 g/mol. The molecular formula is C11H12F2O2. The van der Waals surface area contributed by atoms with Crippen molar-refractivity contribution in [3.8, 4) is 11.5 Å². The Hall–Kier alpha value is -1.32. The summed E-state index contributed by atoms with van der Waals surface area (Å²) >= 11 is 0. The lowest BCUT2D eigenvalue weighted by atomic mass is 10.1. The zero-order chi connectivity index (χ0) is 11.1. The second-order valence-electron chi connectivity index (χ2n) is 3.87. The summed E-state index contributed by atoms with van der Waals surface area (Å²) in [5, 5.41) is 9.31. The van der Waals surface area contributed by atoms with Gasteiger partial charge in [-0.1, -0.05) is 6.07 Å². The molecule has 0 unspecified atom stereocenters. The molecule has 1 atom stereocenters. The lowest BCUT2D eigenvalue weighted by Crippen LogP contribution is -1.97. The first kappa shape index (κ1) is 10.2. The molecule has 1 aromatic rings. The molecule has 1 aromatic carbocycles. The van der Waals surface area contributed by atoms with Crippen LogP contribution in [0.4, 0.5) is 8.78 Å². The molecule has 0 amide bonds. The molecule has 0 heterocycles. The summed E-state index contributed by atoms with van der Waals surface area (Å²) < 4.78 is 30.2. The lowest BCUT2D eigenvalue weighted by molar-refractivity contribution is 0.0989. The second kappa shape index (κ2) is 3.36. The van der Waals surface area contributed by atoms with E-state index in [1.54, 1.807) is 12.1 Å². The fourth-order valence-electron chi connectivity index (χ4n) is 1.62. The highest BCUT2D eigenvalue weighted by atomic mass is 19.3. The van der Waals surface area contributed by atoms with Gasteiger partial charge in [-0.3, -0.25) is 0 Å². The zero-order valence-electron chi connectivity index (χ0n) is 8.34. The average molecular weight is 214 g/mol. The Bertz CT molecular complexity index is 377. The molecule has 1 N–H and O–H groups in total. The monoisotopic (exact) mass is 214 g/mol. The van der Waals surface area contributed by atoms with E-state index in [4.69, 9.17) is 4.74 Å². The smallest absolute Gasteiger partial charge is 0.251 e. The minimum Gasteiger partial charge on any atom is -0.504 e. The fourth-order valence-corrected chi connectivity index (χ4v) is 1.62. The predicted molar refractivity (Wildman–Crippen MR) is 51.4 cm³/mol. The zero-order valence-corrected chi connectivity index (χ0v) is 8.34. The highest BCUT2D eigenvalue weighted by Gasteiger charge is 2.56. The number of ether oxygens (including phenoxy) is 1. The van der Waals surface area contributed by atoms with E-state index in [9.17, 15) is 13.9 Å². The van der Waals surface area contributed by atoms with Crippen molar-refractivity contribution in [3.63, 3.8) is 0 Å². The number of halogens is 2. The van der Waals surface area contributed by atoms with E-state index in [0.29, 0.717) is 12.2 Å². The van der Waals surface area contributed by atoms with Crippen LogP contribution >= 0.6 is 0 Å². The van der Waals surface area contributed by atoms with Crippen molar-refractivity contribution in [1.29, 1.82) is 0 Å². The Balaban J connectivity index is 2.10. The Morgan fingerprint density at radius 2 is 2.20 bits per heavy atom. The van der Waals surface area contributed by atoms with Crippen molar-refractivity contribution in [2.75, 3.05) is 7.11 Å². The SMILES string of the molecule is COc1cc(C[C@H]2CC2(F)F)ccc1O. The first-order chi connectivity index (χ1) is 7.03. The van der Waals surface area contributed by atoms with Gasteiger partial charge in [-0.15, -0.1) is 0 Å². The highest BCUT2D eigenvalue weighted by Crippen LogP contribution is 2.50. The third-order valence-electron chi connectivity index (χ3n) is 2.68. The molecule has 0 aliphatic heterocycles. The summed E-state index contributed by atoms with van der Waals surface area (Å²) in [6, 6.07) is 4.71. The number of alkyl halides is 2. The summed E-state index contributed by atoms with van der Waals surface area (Å²) in [4.78, 5) is 0. The lowest BCUT2D eigenvalue weighted by Gasteiger charge is -2.06. The van der Waals surface area contributed by atoms with Gasteiger partial charge in [0.2, 0.25) is 0 Å². The Morgan fingerprint density at radius 3 is 2.73 bits per heavy atom. The number of phenolic OH excluding ortho intramolecular Hbond substituents is 1. The quantitative estimate of drug-likeness (QED) is 0.838. The van der Waals surface area contributed by atoms with Crippen LogP contribution in [0.25, 0.3) is 0 Å². The molecule has 0 bridgehead atoms. The number of rotatable bonds is 3. The van der Waals surface area contributed by atoms with Crippen LogP contribution < -0.4 is 4.74 Å². The molecule has 1 saturated carbocycles. The Morgan fingerprint density at radius 1 is 1.53 bits per heavy atom. The standard InChI is InChI=1S/C11H12F2O2/c1-15-10-5-7(2-3-9(10)14)4-8-6-11(8,12)13/h2-3,5,8,14H,4,6H2,1H3/t8-/m0/s1. The maximum Gasteiger partial charge on any atom is 0.251 e. The van der Waals surface area contributed by atoms with Crippen LogP contribution in [0.3, 0.4) is 0 Å². The van der Waals surface area contributed by atoms with Crippen LogP contribution in [0, 0.1) is 5.92 Å². The molecule has 0 aromatic heterocycles. The van der Waals surface area contributed by atoms with Crippen LogP contribution in [-0.4, -0.2) is 18.1 Å². The van der Waals surface area contributed by atoms with Gasteiger partial charge in [0, 0.05) is 12.3 Å². The van der Waals surface area contributed by atoms with Gasteiger partial charge in [-0.05, 0) is 24.1 Å². The Kier molecular flexibility index (Phi) is 2.29. The molecule has 0 spiro atoms. The van der Waals surface area contributed by atoms with Gasteiger partial charge in [0.05, 0.1) is 7.11 Å². The van der Waals surface area contributed by atoms with E-state index < -0.39 is 11.8 Å². The largest absolute Gasteiger partial charge is 0.504 e. The fraction of sp³-hybridized carbons (Fsp3) is 0.455. The maximum atomic E-state index is 12.7. The topological polar surface area (TPSA) is 29.5 Å². The molecule has 15 heavy (non-hydrogen) atoms. The first-order valence-corrected chi connectivity index (χ1v) is 4.76. The van der Waals surface area contributed by atoms with Crippen molar-refractivity contribution in [2.24, 2.45) is 5.92 Å². The summed E-state index contributed by atoms with van der Waals surface area (Å²) in [7, 11) is 1.44. The van der Waals surface area contributed by atoms with Crippen molar-refractivity contribution in [2.45, 2.75) is 18.8 Å². The minimum absolute atomic E-state index is 0.0313. The highest BCUT2D eigenvalue weighted by molar-refractivity contribution is 5.42. The van der Waals surface area contributed by atoms with Crippen molar-refractivity contribution >= 4 is 0 Å². The van der Waals surface area contributed by atoms with Gasteiger partial charge < -0.3 is 9.84 Å². The summed E-state index contributed by atoms with van der Waals surface area (Å²) in [5.74, 6) is -2.68. The summed E-state index contributed by atoms with van der Waals surface area (Å²) in [5.41, 5.74) is 0.770. The van der Waals surface area contributed by atoms with Gasteiger partial charge in [0.15, 0.2) is 11.5 Å². The van der Waals surface area contributed by atoms with E-state index in [1.165, 1.54) is 13.2 Å². The molecule has 1 aliphatic rings. The molecule has 2 rings (SSSR count). The average Bonchev–Trinajstić information content (AvgIpc) is 2.77. The van der Waals surface area contributed by atoms with Crippen molar-refractivity contribution in [1.82, 2.24) is 0 Å². The molecule has 82 valence electrons. The number of benzene rings is 1. The molecule has 2 nitrogen and oxygen atoms in total. The third-order valence-corrected chi connectivity index (χ3v) is 2.68. The van der Waals surface area contributed by atoms with E-state index >= 15 is 0 Å².